The highest BCUT2D eigenvalue weighted by molar-refractivity contribution is 7.92. The van der Waals surface area contributed by atoms with E-state index in [2.05, 4.69) is 5.10 Å². The molecule has 0 bridgehead atoms. The molecule has 0 unspecified atom stereocenters. The van der Waals surface area contributed by atoms with Gasteiger partial charge < -0.3 is 0 Å². The Bertz CT molecular complexity index is 893. The number of nitrogens with zero attached hydrogens (tertiary/aromatic N) is 3. The molecule has 0 radical (unpaired) electrons. The summed E-state index contributed by atoms with van der Waals surface area (Å²) in [5, 5.41) is 4.12. The number of hydrogen-bond donors (Lipinski definition) is 0. The molecule has 0 spiro atoms. The van der Waals surface area contributed by atoms with Crippen LogP contribution < -0.4 is 4.31 Å². The molecule has 23 heavy (non-hydrogen) atoms. The van der Waals surface area contributed by atoms with Crippen molar-refractivity contribution in [3.8, 4) is 0 Å². The van der Waals surface area contributed by atoms with Gasteiger partial charge in [-0.1, -0.05) is 11.6 Å². The Balaban J connectivity index is 2.21. The van der Waals surface area contributed by atoms with Crippen molar-refractivity contribution in [1.29, 1.82) is 0 Å². The Morgan fingerprint density at radius 1 is 1.35 bits per heavy atom. The molecule has 124 valence electrons. The van der Waals surface area contributed by atoms with E-state index in [1.807, 2.05) is 0 Å². The summed E-state index contributed by atoms with van der Waals surface area (Å²) in [5.74, 6) is -0.412. The van der Waals surface area contributed by atoms with Crippen molar-refractivity contribution in [2.45, 2.75) is 31.6 Å². The lowest BCUT2D eigenvalue weighted by Crippen LogP contribution is -2.36. The van der Waals surface area contributed by atoms with Crippen LogP contribution in [0, 0.1) is 19.7 Å². The Morgan fingerprint density at radius 3 is 2.65 bits per heavy atom. The predicted molar refractivity (Wildman–Crippen MR) is 86.9 cm³/mol. The van der Waals surface area contributed by atoms with E-state index in [1.165, 1.54) is 21.3 Å². The van der Waals surface area contributed by atoms with Crippen molar-refractivity contribution >= 4 is 27.3 Å². The number of halogens is 2. The number of sulfonamides is 1. The van der Waals surface area contributed by atoms with Crippen molar-refractivity contribution in [1.82, 2.24) is 9.78 Å². The number of benzene rings is 1. The van der Waals surface area contributed by atoms with Gasteiger partial charge in [0.15, 0.2) is 0 Å². The van der Waals surface area contributed by atoms with Gasteiger partial charge >= 0.3 is 0 Å². The van der Waals surface area contributed by atoms with Gasteiger partial charge in [0.05, 0.1) is 22.6 Å². The van der Waals surface area contributed by atoms with Gasteiger partial charge in [-0.15, -0.1) is 0 Å². The first kappa shape index (κ1) is 16.3. The van der Waals surface area contributed by atoms with Crippen LogP contribution in [0.15, 0.2) is 17.2 Å². The van der Waals surface area contributed by atoms with Crippen LogP contribution in [0.5, 0.6) is 0 Å². The van der Waals surface area contributed by atoms with Gasteiger partial charge in [-0.2, -0.15) is 5.10 Å². The molecule has 0 saturated heterocycles. The first-order valence-corrected chi connectivity index (χ1v) is 9.05. The molecule has 0 fully saturated rings. The van der Waals surface area contributed by atoms with E-state index < -0.39 is 15.8 Å². The normalized spacial score (nSPS) is 14.9. The van der Waals surface area contributed by atoms with E-state index in [1.54, 1.807) is 20.9 Å². The molecule has 0 saturated carbocycles. The third-order valence-corrected chi connectivity index (χ3v) is 6.56. The fourth-order valence-electron chi connectivity index (χ4n) is 2.93. The molecule has 8 heteroatoms. The molecule has 1 aliphatic rings. The van der Waals surface area contributed by atoms with E-state index in [-0.39, 0.29) is 9.92 Å². The number of aromatic nitrogens is 2. The topological polar surface area (TPSA) is 55.2 Å². The van der Waals surface area contributed by atoms with Gasteiger partial charge in [0.25, 0.3) is 10.0 Å². The molecule has 1 aromatic heterocycles. The van der Waals surface area contributed by atoms with Crippen molar-refractivity contribution in [2.24, 2.45) is 7.05 Å². The monoisotopic (exact) mass is 357 g/mol. The van der Waals surface area contributed by atoms with Gasteiger partial charge in [-0.3, -0.25) is 8.99 Å². The summed E-state index contributed by atoms with van der Waals surface area (Å²) in [4.78, 5) is 0.144. The summed E-state index contributed by atoms with van der Waals surface area (Å²) in [6, 6.07) is 1.18. The Hall–Kier alpha value is -1.60. The summed E-state index contributed by atoms with van der Waals surface area (Å²) < 4.78 is 42.8. The zero-order chi connectivity index (χ0) is 16.9. The van der Waals surface area contributed by atoms with Crippen LogP contribution in [0.2, 0.25) is 5.02 Å². The van der Waals surface area contributed by atoms with Gasteiger partial charge in [-0.05, 0) is 43.9 Å². The Kier molecular flexibility index (Phi) is 3.88. The van der Waals surface area contributed by atoms with Crippen molar-refractivity contribution in [3.63, 3.8) is 0 Å². The minimum atomic E-state index is -3.79. The van der Waals surface area contributed by atoms with Crippen LogP contribution in [0.25, 0.3) is 0 Å². The molecule has 0 aliphatic carbocycles. The fraction of sp³-hybridized carbons (Fsp3) is 0.400. The number of hydrogen-bond acceptors (Lipinski definition) is 3. The maximum Gasteiger partial charge on any atom is 0.267 e. The molecule has 1 aliphatic heterocycles. The molecular formula is C15H17ClFN3O2S. The standard InChI is InChI=1S/C15H17ClFN3O2S/c1-9-11-5-4-6-20(15(11)12(16)7-13(9)17)23(21,22)14-8-18-19(3)10(14)2/h7-8H,4-6H2,1-3H3. The third kappa shape index (κ3) is 2.42. The number of fused-ring (bicyclic) bond motifs is 1. The molecule has 5 nitrogen and oxygen atoms in total. The van der Waals surface area contributed by atoms with Gasteiger partial charge in [0, 0.05) is 13.6 Å². The molecule has 0 atom stereocenters. The first-order valence-electron chi connectivity index (χ1n) is 7.24. The lowest BCUT2D eigenvalue weighted by atomic mass is 9.98. The van der Waals surface area contributed by atoms with Crippen LogP contribution in [0.3, 0.4) is 0 Å². The third-order valence-electron chi connectivity index (χ3n) is 4.37. The molecule has 2 aromatic rings. The number of aryl methyl sites for hydroxylation is 1. The van der Waals surface area contributed by atoms with Crippen molar-refractivity contribution in [2.75, 3.05) is 10.8 Å². The van der Waals surface area contributed by atoms with E-state index in [0.717, 1.165) is 0 Å². The fourth-order valence-corrected chi connectivity index (χ4v) is 5.03. The van der Waals surface area contributed by atoms with E-state index in [9.17, 15) is 12.8 Å². The van der Waals surface area contributed by atoms with Gasteiger partial charge in [0.2, 0.25) is 0 Å². The number of rotatable bonds is 2. The second-order valence-corrected chi connectivity index (χ2v) is 7.93. The average molecular weight is 358 g/mol. The number of anilines is 1. The van der Waals surface area contributed by atoms with Crippen molar-refractivity contribution in [3.05, 3.63) is 39.9 Å². The molecule has 1 aromatic carbocycles. The summed E-state index contributed by atoms with van der Waals surface area (Å²) in [5.41, 5.74) is 2.05. The highest BCUT2D eigenvalue weighted by Gasteiger charge is 2.34. The minimum absolute atomic E-state index is 0.118. The summed E-state index contributed by atoms with van der Waals surface area (Å²) >= 11 is 6.19. The molecule has 0 N–H and O–H groups in total. The van der Waals surface area contributed by atoms with Gasteiger partial charge in [-0.25, -0.2) is 12.8 Å². The predicted octanol–water partition coefficient (Wildman–Crippen LogP) is 2.97. The van der Waals surface area contributed by atoms with Gasteiger partial charge in [0.1, 0.15) is 10.7 Å². The van der Waals surface area contributed by atoms with Crippen LogP contribution in [0.1, 0.15) is 23.2 Å². The smallest absolute Gasteiger partial charge is 0.267 e. The first-order chi connectivity index (χ1) is 10.7. The molecule has 3 rings (SSSR count). The summed E-state index contributed by atoms with van der Waals surface area (Å²) in [6.07, 6.45) is 2.56. The SMILES string of the molecule is Cc1c(F)cc(Cl)c2c1CCCN2S(=O)(=O)c1cnn(C)c1C. The zero-order valence-corrected chi connectivity index (χ0v) is 14.7. The minimum Gasteiger partial charge on any atom is -0.272 e. The highest BCUT2D eigenvalue weighted by atomic mass is 35.5. The quantitative estimate of drug-likeness (QED) is 0.830. The lowest BCUT2D eigenvalue weighted by Gasteiger charge is -2.32. The van der Waals surface area contributed by atoms with Crippen molar-refractivity contribution < 1.29 is 12.8 Å². The van der Waals surface area contributed by atoms with E-state index in [0.29, 0.717) is 41.9 Å². The Labute approximate surface area is 139 Å². The summed E-state index contributed by atoms with van der Waals surface area (Å²) in [6.45, 7) is 3.66. The second-order valence-electron chi connectivity index (χ2n) is 5.69. The zero-order valence-electron chi connectivity index (χ0n) is 13.1. The van der Waals surface area contributed by atoms with Crippen LogP contribution in [-0.4, -0.2) is 24.7 Å². The van der Waals surface area contributed by atoms with Crippen LogP contribution in [0.4, 0.5) is 10.1 Å². The Morgan fingerprint density at radius 2 is 2.04 bits per heavy atom. The molecular weight excluding hydrogens is 341 g/mol. The largest absolute Gasteiger partial charge is 0.272 e. The van der Waals surface area contributed by atoms with Crippen LogP contribution in [-0.2, 0) is 23.5 Å². The molecule has 0 amide bonds. The lowest BCUT2D eigenvalue weighted by molar-refractivity contribution is 0.582. The van der Waals surface area contributed by atoms with Crippen LogP contribution >= 0.6 is 11.6 Å². The maximum atomic E-state index is 13.9. The maximum absolute atomic E-state index is 13.9. The summed E-state index contributed by atoms with van der Waals surface area (Å²) in [7, 11) is -2.11. The average Bonchev–Trinajstić information content (AvgIpc) is 2.84. The van der Waals surface area contributed by atoms with E-state index in [4.69, 9.17) is 11.6 Å². The van der Waals surface area contributed by atoms with E-state index >= 15 is 0 Å². The molecule has 2 heterocycles. The highest BCUT2D eigenvalue weighted by Crippen LogP contribution is 2.40. The second kappa shape index (κ2) is 5.49.